The van der Waals surface area contributed by atoms with Crippen LogP contribution in [0.15, 0.2) is 66.7 Å². The molecule has 1 aliphatic carbocycles. The Balaban J connectivity index is 1.22. The van der Waals surface area contributed by atoms with Crippen LogP contribution in [0.4, 0.5) is 5.69 Å². The summed E-state index contributed by atoms with van der Waals surface area (Å²) in [7, 11) is 2.23. The molecule has 33 heavy (non-hydrogen) atoms. The minimum atomic E-state index is 1.02. The van der Waals surface area contributed by atoms with E-state index in [9.17, 15) is 0 Å². The smallest absolute Gasteiger partial charge is 0.0423 e. The summed E-state index contributed by atoms with van der Waals surface area (Å²) in [5, 5.41) is 9.26. The largest absolute Gasteiger partial charge is 0.385 e. The lowest BCUT2D eigenvalue weighted by molar-refractivity contribution is 0.152. The van der Waals surface area contributed by atoms with E-state index in [1.807, 2.05) is 0 Å². The van der Waals surface area contributed by atoms with Gasteiger partial charge in [-0.2, -0.15) is 0 Å². The Morgan fingerprint density at radius 2 is 1.55 bits per heavy atom. The Hall–Kier alpha value is -2.88. The van der Waals surface area contributed by atoms with Crippen molar-refractivity contribution < 1.29 is 0 Å². The maximum Gasteiger partial charge on any atom is 0.0423 e. The number of nitrogens with zero attached hydrogens (tertiary/aromatic N) is 2. The number of piperazine rings is 1. The molecular weight excluding hydrogens is 402 g/mol. The molecule has 168 valence electrons. The molecule has 0 saturated carbocycles. The van der Waals surface area contributed by atoms with Crippen LogP contribution in [0.5, 0.6) is 0 Å². The molecule has 2 aliphatic rings. The first kappa shape index (κ1) is 20.7. The third-order valence-corrected chi connectivity index (χ3v) is 7.62. The summed E-state index contributed by atoms with van der Waals surface area (Å²) < 4.78 is 0. The number of rotatable bonds is 6. The molecule has 0 atom stereocenters. The van der Waals surface area contributed by atoms with Crippen molar-refractivity contribution in [2.45, 2.75) is 19.3 Å². The van der Waals surface area contributed by atoms with Crippen molar-refractivity contribution in [3.63, 3.8) is 0 Å². The van der Waals surface area contributed by atoms with Crippen molar-refractivity contribution in [2.75, 3.05) is 51.6 Å². The third-order valence-electron chi connectivity index (χ3n) is 7.62. The molecule has 4 aromatic rings. The van der Waals surface area contributed by atoms with Crippen molar-refractivity contribution in [3.8, 4) is 11.1 Å². The van der Waals surface area contributed by atoms with Gasteiger partial charge in [-0.25, -0.2) is 0 Å². The van der Waals surface area contributed by atoms with Crippen molar-refractivity contribution in [2.24, 2.45) is 0 Å². The topological polar surface area (TPSA) is 18.5 Å². The first-order valence-electron chi connectivity index (χ1n) is 12.5. The summed E-state index contributed by atoms with van der Waals surface area (Å²) in [6, 6.07) is 24.8. The Morgan fingerprint density at radius 3 is 2.39 bits per heavy atom. The van der Waals surface area contributed by atoms with E-state index in [1.165, 1.54) is 95.1 Å². The molecule has 0 unspecified atom stereocenters. The van der Waals surface area contributed by atoms with Gasteiger partial charge in [-0.1, -0.05) is 60.7 Å². The fourth-order valence-electron chi connectivity index (χ4n) is 5.74. The van der Waals surface area contributed by atoms with Crippen LogP contribution in [0.3, 0.4) is 0 Å². The number of hydrogen-bond donors (Lipinski definition) is 1. The zero-order valence-electron chi connectivity index (χ0n) is 19.6. The van der Waals surface area contributed by atoms with Crippen molar-refractivity contribution in [3.05, 3.63) is 77.9 Å². The molecule has 3 heteroatoms. The van der Waals surface area contributed by atoms with Gasteiger partial charge in [0.1, 0.15) is 0 Å². The molecule has 0 radical (unpaired) electrons. The lowest BCUT2D eigenvalue weighted by Crippen LogP contribution is -2.44. The molecule has 4 aromatic carbocycles. The molecule has 1 N–H and O–H groups in total. The highest BCUT2D eigenvalue weighted by Gasteiger charge is 2.24. The van der Waals surface area contributed by atoms with Gasteiger partial charge in [0.25, 0.3) is 0 Å². The first-order chi connectivity index (χ1) is 16.3. The second kappa shape index (κ2) is 8.81. The Morgan fingerprint density at radius 1 is 0.788 bits per heavy atom. The number of unbranched alkanes of at least 4 members (excludes halogenated alkanes) is 1. The average Bonchev–Trinajstić information content (AvgIpc) is 3.24. The molecule has 0 spiro atoms. The summed E-state index contributed by atoms with van der Waals surface area (Å²) >= 11 is 0. The predicted molar refractivity (Wildman–Crippen MR) is 141 cm³/mol. The van der Waals surface area contributed by atoms with Gasteiger partial charge in [0.15, 0.2) is 0 Å². The molecule has 1 fully saturated rings. The van der Waals surface area contributed by atoms with E-state index in [4.69, 9.17) is 0 Å². The quantitative estimate of drug-likeness (QED) is 0.330. The Labute approximate surface area is 197 Å². The molecule has 1 heterocycles. The van der Waals surface area contributed by atoms with Crippen LogP contribution in [-0.2, 0) is 6.42 Å². The van der Waals surface area contributed by atoms with Gasteiger partial charge in [-0.15, -0.1) is 0 Å². The molecule has 0 bridgehead atoms. The maximum atomic E-state index is 3.80. The van der Waals surface area contributed by atoms with Crippen LogP contribution < -0.4 is 5.32 Å². The molecule has 0 aromatic heterocycles. The average molecular weight is 436 g/mol. The fraction of sp³-hybridized carbons (Fsp3) is 0.333. The van der Waals surface area contributed by atoms with Gasteiger partial charge in [0, 0.05) is 43.8 Å². The lowest BCUT2D eigenvalue weighted by Gasteiger charge is -2.32. The van der Waals surface area contributed by atoms with E-state index in [0.29, 0.717) is 0 Å². The summed E-state index contributed by atoms with van der Waals surface area (Å²) in [5.74, 6) is 0. The van der Waals surface area contributed by atoms with Crippen LogP contribution in [0.2, 0.25) is 0 Å². The van der Waals surface area contributed by atoms with Crippen molar-refractivity contribution in [1.29, 1.82) is 0 Å². The number of hydrogen-bond acceptors (Lipinski definition) is 3. The molecule has 3 nitrogen and oxygen atoms in total. The van der Waals surface area contributed by atoms with E-state index in [2.05, 4.69) is 88.9 Å². The predicted octanol–water partition coefficient (Wildman–Crippen LogP) is 6.00. The summed E-state index contributed by atoms with van der Waals surface area (Å²) in [6.07, 6.45) is 3.49. The molecule has 0 amide bonds. The first-order valence-corrected chi connectivity index (χ1v) is 12.5. The molecular formula is C30H33N3. The van der Waals surface area contributed by atoms with E-state index >= 15 is 0 Å². The second-order valence-electron chi connectivity index (χ2n) is 9.77. The van der Waals surface area contributed by atoms with Crippen LogP contribution >= 0.6 is 0 Å². The molecule has 1 saturated heterocycles. The highest BCUT2D eigenvalue weighted by molar-refractivity contribution is 6.09. The number of likely N-dealkylation sites (N-methyl/N-ethyl adjacent to an activating group) is 1. The van der Waals surface area contributed by atoms with Crippen LogP contribution in [-0.4, -0.2) is 56.1 Å². The standard InChI is InChI=1S/C30H33N3/c1-32-16-18-33(19-17-32)15-7-6-14-31-29-21-23-20-28-24-9-3-2-8-22(24)12-13-27(28)30(23)26-11-5-4-10-25(26)29/h2-5,8-13,21,31H,6-7,14-20H2,1H3. The van der Waals surface area contributed by atoms with Crippen LogP contribution in [0.25, 0.3) is 32.7 Å². The van der Waals surface area contributed by atoms with Gasteiger partial charge in [0.05, 0.1) is 0 Å². The third kappa shape index (κ3) is 3.90. The number of fused-ring (bicyclic) bond motifs is 7. The highest BCUT2D eigenvalue weighted by atomic mass is 15.2. The molecule has 6 rings (SSSR count). The fourth-order valence-corrected chi connectivity index (χ4v) is 5.74. The maximum absolute atomic E-state index is 3.80. The second-order valence-corrected chi connectivity index (χ2v) is 9.77. The van der Waals surface area contributed by atoms with Crippen molar-refractivity contribution >= 4 is 27.2 Å². The highest BCUT2D eigenvalue weighted by Crippen LogP contribution is 2.46. The van der Waals surface area contributed by atoms with E-state index in [1.54, 1.807) is 0 Å². The van der Waals surface area contributed by atoms with Crippen LogP contribution in [0.1, 0.15) is 24.0 Å². The van der Waals surface area contributed by atoms with Crippen molar-refractivity contribution in [1.82, 2.24) is 9.80 Å². The van der Waals surface area contributed by atoms with Gasteiger partial charge in [0.2, 0.25) is 0 Å². The Bertz CT molecular complexity index is 1300. The zero-order valence-corrected chi connectivity index (χ0v) is 19.6. The minimum Gasteiger partial charge on any atom is -0.385 e. The number of benzene rings is 4. The number of anilines is 1. The van der Waals surface area contributed by atoms with E-state index in [-0.39, 0.29) is 0 Å². The van der Waals surface area contributed by atoms with E-state index in [0.717, 1.165) is 13.0 Å². The summed E-state index contributed by atoms with van der Waals surface area (Å²) in [6.45, 7) is 7.10. The van der Waals surface area contributed by atoms with Gasteiger partial charge >= 0.3 is 0 Å². The van der Waals surface area contributed by atoms with Gasteiger partial charge < -0.3 is 15.1 Å². The normalized spacial score (nSPS) is 16.3. The summed E-state index contributed by atoms with van der Waals surface area (Å²) in [5.41, 5.74) is 7.09. The summed E-state index contributed by atoms with van der Waals surface area (Å²) in [4.78, 5) is 5.05. The van der Waals surface area contributed by atoms with Crippen LogP contribution in [0, 0.1) is 0 Å². The zero-order chi connectivity index (χ0) is 22.2. The SMILES string of the molecule is CN1CCN(CCCCNc2cc3c(c4ccccc24)-c2ccc4ccccc4c2C3)CC1. The number of nitrogens with one attached hydrogen (secondary N) is 1. The molecule has 1 aliphatic heterocycles. The lowest BCUT2D eigenvalue weighted by atomic mass is 9.95. The van der Waals surface area contributed by atoms with E-state index < -0.39 is 0 Å². The minimum absolute atomic E-state index is 1.02. The monoisotopic (exact) mass is 435 g/mol. The Kier molecular flexibility index (Phi) is 5.53. The van der Waals surface area contributed by atoms with Gasteiger partial charge in [-0.3, -0.25) is 0 Å². The van der Waals surface area contributed by atoms with Gasteiger partial charge in [-0.05, 0) is 77.3 Å².